The van der Waals surface area contributed by atoms with Crippen LogP contribution in [0.15, 0.2) is 45.5 Å². The lowest BCUT2D eigenvalue weighted by atomic mass is 10.3. The third kappa shape index (κ3) is 3.46. The lowest BCUT2D eigenvalue weighted by Crippen LogP contribution is -2.00. The lowest BCUT2D eigenvalue weighted by molar-refractivity contribution is 0.299. The zero-order chi connectivity index (χ0) is 13.0. The Balaban J connectivity index is 2.06. The van der Waals surface area contributed by atoms with Gasteiger partial charge in [-0.25, -0.2) is 0 Å². The molecule has 18 heavy (non-hydrogen) atoms. The van der Waals surface area contributed by atoms with Crippen LogP contribution in [-0.2, 0) is 6.61 Å². The summed E-state index contributed by atoms with van der Waals surface area (Å²) in [6.07, 6.45) is 1.77. The Labute approximate surface area is 123 Å². The van der Waals surface area contributed by atoms with Gasteiger partial charge in [0.15, 0.2) is 0 Å². The van der Waals surface area contributed by atoms with Gasteiger partial charge in [0.05, 0.1) is 10.2 Å². The minimum Gasteiger partial charge on any atom is -0.486 e. The molecule has 0 aliphatic carbocycles. The van der Waals surface area contributed by atoms with Gasteiger partial charge in [0, 0.05) is 23.4 Å². The molecule has 94 valence electrons. The van der Waals surface area contributed by atoms with Crippen LogP contribution < -0.4 is 10.1 Å². The highest BCUT2D eigenvalue weighted by Crippen LogP contribution is 2.28. The van der Waals surface area contributed by atoms with Crippen molar-refractivity contribution in [2.75, 3.05) is 12.4 Å². The Bertz CT molecular complexity index is 546. The van der Waals surface area contributed by atoms with E-state index in [1.54, 1.807) is 6.20 Å². The van der Waals surface area contributed by atoms with Crippen LogP contribution in [0.3, 0.4) is 0 Å². The van der Waals surface area contributed by atoms with E-state index < -0.39 is 0 Å². The molecule has 1 aromatic heterocycles. The molecule has 0 aliphatic heterocycles. The predicted octanol–water partition coefficient (Wildman–Crippen LogP) is 4.23. The standard InChI is InChI=1S/C13H12Br2N2O/c1-16-10-4-5-17-11(7-10)8-18-13-3-2-9(14)6-12(13)15/h2-7H,8H2,1H3,(H,16,17). The molecule has 5 heteroatoms. The summed E-state index contributed by atoms with van der Waals surface area (Å²) in [5.41, 5.74) is 1.91. The van der Waals surface area contributed by atoms with Crippen molar-refractivity contribution in [1.82, 2.24) is 4.98 Å². The van der Waals surface area contributed by atoms with Crippen molar-refractivity contribution in [1.29, 1.82) is 0 Å². The molecule has 0 bridgehead atoms. The second kappa shape index (κ2) is 6.20. The maximum atomic E-state index is 5.72. The number of rotatable bonds is 4. The Kier molecular flexibility index (Phi) is 4.60. The molecule has 2 aromatic rings. The fraction of sp³-hybridized carbons (Fsp3) is 0.154. The number of aromatic nitrogens is 1. The SMILES string of the molecule is CNc1ccnc(COc2ccc(Br)cc2Br)c1. The van der Waals surface area contributed by atoms with Crippen molar-refractivity contribution in [2.45, 2.75) is 6.61 Å². The molecule has 0 saturated heterocycles. The van der Waals surface area contributed by atoms with Crippen LogP contribution >= 0.6 is 31.9 Å². The third-order valence-corrected chi connectivity index (χ3v) is 3.49. The average molecular weight is 372 g/mol. The van der Waals surface area contributed by atoms with E-state index in [1.807, 2.05) is 37.4 Å². The maximum absolute atomic E-state index is 5.72. The maximum Gasteiger partial charge on any atom is 0.134 e. The van der Waals surface area contributed by atoms with Crippen LogP contribution in [0.4, 0.5) is 5.69 Å². The minimum atomic E-state index is 0.440. The molecule has 0 saturated carbocycles. The van der Waals surface area contributed by atoms with Crippen LogP contribution in [0.1, 0.15) is 5.69 Å². The van der Waals surface area contributed by atoms with Gasteiger partial charge in [-0.3, -0.25) is 4.98 Å². The molecule has 0 fully saturated rings. The van der Waals surface area contributed by atoms with Crippen LogP contribution in [-0.4, -0.2) is 12.0 Å². The number of halogens is 2. The van der Waals surface area contributed by atoms with E-state index in [4.69, 9.17) is 4.74 Å². The first-order valence-corrected chi connectivity index (χ1v) is 6.98. The van der Waals surface area contributed by atoms with E-state index in [2.05, 4.69) is 42.2 Å². The second-order valence-corrected chi connectivity index (χ2v) is 5.42. The molecular weight excluding hydrogens is 360 g/mol. The average Bonchev–Trinajstić information content (AvgIpc) is 2.38. The number of anilines is 1. The van der Waals surface area contributed by atoms with Crippen molar-refractivity contribution in [3.05, 3.63) is 51.2 Å². The first-order valence-electron chi connectivity index (χ1n) is 5.39. The monoisotopic (exact) mass is 370 g/mol. The quantitative estimate of drug-likeness (QED) is 0.873. The third-order valence-electron chi connectivity index (χ3n) is 2.37. The Morgan fingerprint density at radius 2 is 2.06 bits per heavy atom. The predicted molar refractivity (Wildman–Crippen MR) is 80.0 cm³/mol. The minimum absolute atomic E-state index is 0.440. The first kappa shape index (κ1) is 13.4. The molecule has 0 amide bonds. The molecule has 0 atom stereocenters. The zero-order valence-electron chi connectivity index (χ0n) is 9.78. The van der Waals surface area contributed by atoms with Gasteiger partial charge in [-0.2, -0.15) is 0 Å². The highest BCUT2D eigenvalue weighted by Gasteiger charge is 2.03. The van der Waals surface area contributed by atoms with Crippen molar-refractivity contribution in [3.63, 3.8) is 0 Å². The van der Waals surface area contributed by atoms with Gasteiger partial charge >= 0.3 is 0 Å². The van der Waals surface area contributed by atoms with Crippen molar-refractivity contribution in [3.8, 4) is 5.75 Å². The largest absolute Gasteiger partial charge is 0.486 e. The summed E-state index contributed by atoms with van der Waals surface area (Å²) >= 11 is 6.87. The lowest BCUT2D eigenvalue weighted by Gasteiger charge is -2.09. The van der Waals surface area contributed by atoms with Crippen molar-refractivity contribution < 1.29 is 4.74 Å². The number of hydrogen-bond acceptors (Lipinski definition) is 3. The van der Waals surface area contributed by atoms with Crippen LogP contribution in [0.5, 0.6) is 5.75 Å². The summed E-state index contributed by atoms with van der Waals surface area (Å²) < 4.78 is 7.65. The topological polar surface area (TPSA) is 34.2 Å². The normalized spacial score (nSPS) is 10.2. The number of pyridine rings is 1. The van der Waals surface area contributed by atoms with Gasteiger partial charge in [-0.15, -0.1) is 0 Å². The summed E-state index contributed by atoms with van der Waals surface area (Å²) in [4.78, 5) is 4.26. The number of benzene rings is 1. The summed E-state index contributed by atoms with van der Waals surface area (Å²) in [7, 11) is 1.88. The Hall–Kier alpha value is -1.07. The fourth-order valence-corrected chi connectivity index (χ4v) is 2.62. The molecule has 1 aromatic carbocycles. The molecule has 0 radical (unpaired) electrons. The number of nitrogens with one attached hydrogen (secondary N) is 1. The van der Waals surface area contributed by atoms with Gasteiger partial charge in [0.2, 0.25) is 0 Å². The number of ether oxygens (including phenoxy) is 1. The Morgan fingerprint density at radius 1 is 1.22 bits per heavy atom. The number of nitrogens with zero attached hydrogens (tertiary/aromatic N) is 1. The van der Waals surface area contributed by atoms with E-state index in [1.165, 1.54) is 0 Å². The van der Waals surface area contributed by atoms with E-state index >= 15 is 0 Å². The summed E-state index contributed by atoms with van der Waals surface area (Å²) in [5.74, 6) is 0.801. The van der Waals surface area contributed by atoms with Crippen LogP contribution in [0.25, 0.3) is 0 Å². The fourth-order valence-electron chi connectivity index (χ4n) is 1.46. The molecule has 0 unspecified atom stereocenters. The van der Waals surface area contributed by atoms with Gasteiger partial charge in [0.1, 0.15) is 12.4 Å². The zero-order valence-corrected chi connectivity index (χ0v) is 13.0. The van der Waals surface area contributed by atoms with E-state index in [0.717, 1.165) is 26.1 Å². The van der Waals surface area contributed by atoms with E-state index in [9.17, 15) is 0 Å². The molecule has 1 N–H and O–H groups in total. The molecule has 3 nitrogen and oxygen atoms in total. The Morgan fingerprint density at radius 3 is 2.78 bits per heavy atom. The van der Waals surface area contributed by atoms with E-state index in [-0.39, 0.29) is 0 Å². The summed E-state index contributed by atoms with van der Waals surface area (Å²) in [6.45, 7) is 0.440. The summed E-state index contributed by atoms with van der Waals surface area (Å²) in [5, 5.41) is 3.07. The van der Waals surface area contributed by atoms with Gasteiger partial charge in [0.25, 0.3) is 0 Å². The number of hydrogen-bond donors (Lipinski definition) is 1. The highest BCUT2D eigenvalue weighted by atomic mass is 79.9. The molecular formula is C13H12Br2N2O. The van der Waals surface area contributed by atoms with Gasteiger partial charge in [-0.1, -0.05) is 15.9 Å². The first-order chi connectivity index (χ1) is 8.69. The van der Waals surface area contributed by atoms with Crippen molar-refractivity contribution in [2.24, 2.45) is 0 Å². The van der Waals surface area contributed by atoms with E-state index in [0.29, 0.717) is 6.61 Å². The van der Waals surface area contributed by atoms with Crippen LogP contribution in [0.2, 0.25) is 0 Å². The second-order valence-electron chi connectivity index (χ2n) is 3.65. The highest BCUT2D eigenvalue weighted by molar-refractivity contribution is 9.11. The van der Waals surface area contributed by atoms with Crippen LogP contribution in [0, 0.1) is 0 Å². The van der Waals surface area contributed by atoms with Gasteiger partial charge in [-0.05, 0) is 46.3 Å². The smallest absolute Gasteiger partial charge is 0.134 e. The summed E-state index contributed by atoms with van der Waals surface area (Å²) in [6, 6.07) is 9.69. The molecule has 0 aliphatic rings. The molecule has 0 spiro atoms. The van der Waals surface area contributed by atoms with Gasteiger partial charge < -0.3 is 10.1 Å². The van der Waals surface area contributed by atoms with Crippen molar-refractivity contribution >= 4 is 37.5 Å². The molecule has 1 heterocycles. The molecule has 2 rings (SSSR count).